The van der Waals surface area contributed by atoms with Crippen LogP contribution in [-0.2, 0) is 22.7 Å². The van der Waals surface area contributed by atoms with E-state index in [9.17, 15) is 20.1 Å². The summed E-state index contributed by atoms with van der Waals surface area (Å²) in [5, 5.41) is 43.3. The van der Waals surface area contributed by atoms with Crippen molar-refractivity contribution in [2.24, 2.45) is 0 Å². The van der Waals surface area contributed by atoms with Gasteiger partial charge in [0.25, 0.3) is 0 Å². The Hall–Kier alpha value is -2.69. The second kappa shape index (κ2) is 16.0. The fourth-order valence-electron chi connectivity index (χ4n) is 3.38. The van der Waals surface area contributed by atoms with Gasteiger partial charge in [-0.15, -0.1) is 0 Å². The van der Waals surface area contributed by atoms with Crippen LogP contribution in [0.3, 0.4) is 0 Å². The number of nitrogens with one attached hydrogen (secondary N) is 2. The third-order valence-corrected chi connectivity index (χ3v) is 5.21. The summed E-state index contributed by atoms with van der Waals surface area (Å²) in [4.78, 5) is 10.7. The van der Waals surface area contributed by atoms with Crippen molar-refractivity contribution in [3.05, 3.63) is 59.2 Å². The SMILES string of the molecule is O=C(O)Nc1cccc(COCCOCCCCCCNC[C@H](O)c2ccc(O)c(CO)c2)c1. The molecule has 0 aromatic heterocycles. The van der Waals surface area contributed by atoms with Gasteiger partial charge in [0.1, 0.15) is 5.75 Å². The predicted molar refractivity (Wildman–Crippen MR) is 129 cm³/mol. The fourth-order valence-corrected chi connectivity index (χ4v) is 3.38. The van der Waals surface area contributed by atoms with Gasteiger partial charge >= 0.3 is 6.09 Å². The molecule has 6 N–H and O–H groups in total. The molecular formula is C25H36N2O7. The van der Waals surface area contributed by atoms with Gasteiger partial charge in [0.05, 0.1) is 32.5 Å². The Labute approximate surface area is 200 Å². The minimum absolute atomic E-state index is 0.0286. The summed E-state index contributed by atoms with van der Waals surface area (Å²) in [5.41, 5.74) is 2.49. The lowest BCUT2D eigenvalue weighted by atomic mass is 10.1. The largest absolute Gasteiger partial charge is 0.508 e. The van der Waals surface area contributed by atoms with E-state index in [4.69, 9.17) is 14.6 Å². The molecule has 0 saturated carbocycles. The minimum Gasteiger partial charge on any atom is -0.508 e. The Morgan fingerprint density at radius 2 is 1.76 bits per heavy atom. The van der Waals surface area contributed by atoms with Crippen molar-refractivity contribution >= 4 is 11.8 Å². The molecule has 0 aliphatic carbocycles. The topological polar surface area (TPSA) is 141 Å². The van der Waals surface area contributed by atoms with Crippen molar-refractivity contribution < 1.29 is 34.7 Å². The van der Waals surface area contributed by atoms with Crippen LogP contribution in [0.2, 0.25) is 0 Å². The highest BCUT2D eigenvalue weighted by Crippen LogP contribution is 2.22. The number of carboxylic acid groups (broad SMARTS) is 1. The summed E-state index contributed by atoms with van der Waals surface area (Å²) < 4.78 is 11.2. The molecule has 2 rings (SSSR count). The molecule has 0 unspecified atom stereocenters. The van der Waals surface area contributed by atoms with Crippen LogP contribution in [0.1, 0.15) is 48.5 Å². The van der Waals surface area contributed by atoms with Gasteiger partial charge in [0.15, 0.2) is 0 Å². The number of hydrogen-bond acceptors (Lipinski definition) is 7. The van der Waals surface area contributed by atoms with Gasteiger partial charge in [-0.2, -0.15) is 0 Å². The van der Waals surface area contributed by atoms with Crippen LogP contribution < -0.4 is 10.6 Å². The molecule has 9 heteroatoms. The van der Waals surface area contributed by atoms with Gasteiger partial charge in [-0.25, -0.2) is 4.79 Å². The van der Waals surface area contributed by atoms with E-state index in [0.29, 0.717) is 49.8 Å². The molecule has 34 heavy (non-hydrogen) atoms. The van der Waals surface area contributed by atoms with Crippen LogP contribution in [0.5, 0.6) is 5.75 Å². The molecule has 0 aliphatic heterocycles. The van der Waals surface area contributed by atoms with Crippen LogP contribution in [0.15, 0.2) is 42.5 Å². The number of unbranched alkanes of at least 4 members (excludes halogenated alkanes) is 3. The van der Waals surface area contributed by atoms with Crippen LogP contribution in [-0.4, -0.2) is 59.4 Å². The van der Waals surface area contributed by atoms with Crippen molar-refractivity contribution in [1.82, 2.24) is 5.32 Å². The first-order valence-corrected chi connectivity index (χ1v) is 11.6. The normalized spacial score (nSPS) is 11.9. The Morgan fingerprint density at radius 3 is 2.56 bits per heavy atom. The number of phenols is 1. The van der Waals surface area contributed by atoms with E-state index in [1.165, 1.54) is 6.07 Å². The van der Waals surface area contributed by atoms with Crippen LogP contribution in [0.25, 0.3) is 0 Å². The smallest absolute Gasteiger partial charge is 0.409 e. The zero-order valence-electron chi connectivity index (χ0n) is 19.4. The second-order valence-corrected chi connectivity index (χ2v) is 7.98. The standard InChI is InChI=1S/C25H36N2O7/c28-17-21-15-20(8-9-23(21)29)24(30)16-26-10-3-1-2-4-11-33-12-13-34-18-19-6-5-7-22(14-19)27-25(31)32/h5-9,14-15,24,26-30H,1-4,10-13,16-18H2,(H,31,32)/t24-/m0/s1. The molecule has 1 atom stereocenters. The lowest BCUT2D eigenvalue weighted by Crippen LogP contribution is -2.22. The minimum atomic E-state index is -1.09. The van der Waals surface area contributed by atoms with Gasteiger partial charge in [0.2, 0.25) is 0 Å². The summed E-state index contributed by atoms with van der Waals surface area (Å²) in [6.45, 7) is 3.03. The number of rotatable bonds is 17. The monoisotopic (exact) mass is 476 g/mol. The third-order valence-electron chi connectivity index (χ3n) is 5.21. The first-order chi connectivity index (χ1) is 16.5. The quantitative estimate of drug-likeness (QED) is 0.191. The number of aromatic hydroxyl groups is 1. The van der Waals surface area contributed by atoms with Crippen molar-refractivity contribution in [2.45, 2.75) is 45.0 Å². The van der Waals surface area contributed by atoms with Crippen molar-refractivity contribution in [3.8, 4) is 5.75 Å². The number of hydrogen-bond donors (Lipinski definition) is 6. The molecule has 1 amide bonds. The van der Waals surface area contributed by atoms with E-state index < -0.39 is 12.2 Å². The fraction of sp³-hybridized carbons (Fsp3) is 0.480. The Kier molecular flexibility index (Phi) is 13.0. The van der Waals surface area contributed by atoms with Crippen LogP contribution >= 0.6 is 0 Å². The summed E-state index contributed by atoms with van der Waals surface area (Å²) in [6, 6.07) is 11.8. The number of amides is 1. The van der Waals surface area contributed by atoms with Gasteiger partial charge in [-0.05, 0) is 54.8 Å². The second-order valence-electron chi connectivity index (χ2n) is 7.98. The maximum absolute atomic E-state index is 10.7. The van der Waals surface area contributed by atoms with E-state index in [1.54, 1.807) is 30.3 Å². The zero-order chi connectivity index (χ0) is 24.6. The highest BCUT2D eigenvalue weighted by atomic mass is 16.5. The molecule has 0 saturated heterocycles. The lowest BCUT2D eigenvalue weighted by Gasteiger charge is -2.14. The molecule has 0 aliphatic rings. The summed E-state index contributed by atoms with van der Waals surface area (Å²) >= 11 is 0. The molecule has 0 spiro atoms. The number of carbonyl (C=O) groups is 1. The molecule has 0 bridgehead atoms. The van der Waals surface area contributed by atoms with Gasteiger partial charge in [-0.1, -0.05) is 31.0 Å². The molecule has 2 aromatic carbocycles. The number of anilines is 1. The van der Waals surface area contributed by atoms with E-state index >= 15 is 0 Å². The number of aliphatic hydroxyl groups is 2. The number of aliphatic hydroxyl groups excluding tert-OH is 2. The van der Waals surface area contributed by atoms with Gasteiger partial charge < -0.3 is 35.2 Å². The lowest BCUT2D eigenvalue weighted by molar-refractivity contribution is 0.0393. The Morgan fingerprint density at radius 1 is 0.971 bits per heavy atom. The van der Waals surface area contributed by atoms with Gasteiger partial charge in [0, 0.05) is 24.4 Å². The average molecular weight is 477 g/mol. The zero-order valence-corrected chi connectivity index (χ0v) is 19.4. The maximum atomic E-state index is 10.7. The maximum Gasteiger partial charge on any atom is 0.409 e. The highest BCUT2D eigenvalue weighted by molar-refractivity contribution is 5.82. The predicted octanol–water partition coefficient (Wildman–Crippen LogP) is 3.39. The average Bonchev–Trinajstić information content (AvgIpc) is 2.82. The molecule has 188 valence electrons. The van der Waals surface area contributed by atoms with E-state index in [0.717, 1.165) is 37.8 Å². The summed E-state index contributed by atoms with van der Waals surface area (Å²) in [7, 11) is 0. The van der Waals surface area contributed by atoms with Crippen molar-refractivity contribution in [2.75, 3.05) is 38.2 Å². The van der Waals surface area contributed by atoms with E-state index in [1.807, 2.05) is 6.07 Å². The Balaban J connectivity index is 1.41. The third kappa shape index (κ3) is 11.0. The molecule has 2 aromatic rings. The molecular weight excluding hydrogens is 440 g/mol. The summed E-state index contributed by atoms with van der Waals surface area (Å²) in [6.07, 6.45) is 2.33. The molecule has 0 heterocycles. The van der Waals surface area contributed by atoms with E-state index in [-0.39, 0.29) is 12.4 Å². The van der Waals surface area contributed by atoms with Gasteiger partial charge in [-0.3, -0.25) is 5.32 Å². The summed E-state index contributed by atoms with van der Waals surface area (Å²) in [5.74, 6) is 0.0286. The van der Waals surface area contributed by atoms with E-state index in [2.05, 4.69) is 10.6 Å². The molecule has 0 fully saturated rings. The molecule has 9 nitrogen and oxygen atoms in total. The Bertz CT molecular complexity index is 863. The highest BCUT2D eigenvalue weighted by Gasteiger charge is 2.09. The molecule has 0 radical (unpaired) electrons. The first kappa shape index (κ1) is 27.6. The van der Waals surface area contributed by atoms with Crippen molar-refractivity contribution in [1.29, 1.82) is 0 Å². The van der Waals surface area contributed by atoms with Crippen molar-refractivity contribution in [3.63, 3.8) is 0 Å². The first-order valence-electron chi connectivity index (χ1n) is 11.6. The number of ether oxygens (including phenoxy) is 2. The number of benzene rings is 2. The van der Waals surface area contributed by atoms with Crippen LogP contribution in [0.4, 0.5) is 10.5 Å². The van der Waals surface area contributed by atoms with Crippen LogP contribution in [0, 0.1) is 0 Å².